The van der Waals surface area contributed by atoms with Gasteiger partial charge in [0, 0.05) is 29.5 Å². The van der Waals surface area contributed by atoms with Crippen LogP contribution in [0, 0.1) is 24.0 Å². The van der Waals surface area contributed by atoms with Crippen LogP contribution >= 0.6 is 11.8 Å². The zero-order valence-electron chi connectivity index (χ0n) is 18.2. The highest BCUT2D eigenvalue weighted by Gasteiger charge is 2.36. The zero-order chi connectivity index (χ0) is 24.4. The van der Waals surface area contributed by atoms with Gasteiger partial charge in [0.15, 0.2) is 0 Å². The number of carbonyl (C=O) groups is 3. The van der Waals surface area contributed by atoms with Gasteiger partial charge in [0.2, 0.25) is 5.91 Å². The second-order valence-corrected chi connectivity index (χ2v) is 8.64. The largest absolute Gasteiger partial charge is 0.457 e. The lowest BCUT2D eigenvalue weighted by molar-refractivity contribution is -0.384. The number of nitro benzene ring substituents is 1. The first-order valence-corrected chi connectivity index (χ1v) is 11.0. The van der Waals surface area contributed by atoms with Gasteiger partial charge in [0.05, 0.1) is 9.83 Å². The van der Waals surface area contributed by atoms with Gasteiger partial charge in [-0.15, -0.1) is 0 Å². The van der Waals surface area contributed by atoms with E-state index in [0.717, 1.165) is 16.0 Å². The SMILES string of the molecule is Cc1cccc(NC(=O)CN2C(=O)S/C(=C\c3ccc(-c4cc([N+](=O)[O-])ccc4C)o3)C2=O)c1. The number of amides is 3. The molecule has 34 heavy (non-hydrogen) atoms. The first-order valence-electron chi connectivity index (χ1n) is 10.2. The third-order valence-corrected chi connectivity index (χ3v) is 5.98. The quantitative estimate of drug-likeness (QED) is 0.296. The maximum absolute atomic E-state index is 12.7. The van der Waals surface area contributed by atoms with E-state index in [9.17, 15) is 24.5 Å². The van der Waals surface area contributed by atoms with Gasteiger partial charge in [0.25, 0.3) is 16.8 Å². The second kappa shape index (κ2) is 9.36. The molecule has 0 bridgehead atoms. The van der Waals surface area contributed by atoms with E-state index in [4.69, 9.17) is 4.42 Å². The van der Waals surface area contributed by atoms with Crippen molar-refractivity contribution in [2.24, 2.45) is 0 Å². The fraction of sp³-hybridized carbons (Fsp3) is 0.125. The van der Waals surface area contributed by atoms with Crippen molar-refractivity contribution in [3.63, 3.8) is 0 Å². The molecule has 1 N–H and O–H groups in total. The molecular weight excluding hydrogens is 458 g/mol. The summed E-state index contributed by atoms with van der Waals surface area (Å²) < 4.78 is 5.76. The molecule has 2 aromatic carbocycles. The Morgan fingerprint density at radius 2 is 1.94 bits per heavy atom. The van der Waals surface area contributed by atoms with Gasteiger partial charge in [-0.2, -0.15) is 0 Å². The molecule has 0 unspecified atom stereocenters. The molecule has 0 radical (unpaired) electrons. The molecule has 3 amide bonds. The number of imide groups is 1. The van der Waals surface area contributed by atoms with E-state index in [-0.39, 0.29) is 10.6 Å². The Morgan fingerprint density at radius 3 is 2.68 bits per heavy atom. The van der Waals surface area contributed by atoms with E-state index in [1.807, 2.05) is 13.0 Å². The van der Waals surface area contributed by atoms with Gasteiger partial charge in [0.1, 0.15) is 18.1 Å². The number of benzene rings is 2. The van der Waals surface area contributed by atoms with Crippen molar-refractivity contribution < 1.29 is 23.7 Å². The van der Waals surface area contributed by atoms with Crippen molar-refractivity contribution in [1.82, 2.24) is 4.90 Å². The smallest absolute Gasteiger partial charge is 0.294 e. The van der Waals surface area contributed by atoms with E-state index in [1.165, 1.54) is 18.2 Å². The van der Waals surface area contributed by atoms with Crippen LogP contribution in [0.2, 0.25) is 0 Å². The zero-order valence-corrected chi connectivity index (χ0v) is 19.0. The Balaban J connectivity index is 1.49. The number of hydrogen-bond acceptors (Lipinski definition) is 7. The van der Waals surface area contributed by atoms with Crippen molar-refractivity contribution >= 4 is 46.3 Å². The third kappa shape index (κ3) is 4.91. The van der Waals surface area contributed by atoms with Crippen LogP contribution in [0.15, 0.2) is 63.9 Å². The maximum Gasteiger partial charge on any atom is 0.294 e. The molecule has 9 nitrogen and oxygen atoms in total. The van der Waals surface area contributed by atoms with E-state index in [2.05, 4.69) is 5.32 Å². The van der Waals surface area contributed by atoms with Crippen LogP contribution in [0.25, 0.3) is 17.4 Å². The Hall–Kier alpha value is -4.18. The Labute approximate surface area is 198 Å². The fourth-order valence-corrected chi connectivity index (χ4v) is 4.21. The highest BCUT2D eigenvalue weighted by Crippen LogP contribution is 2.34. The second-order valence-electron chi connectivity index (χ2n) is 7.64. The fourth-order valence-electron chi connectivity index (χ4n) is 3.40. The molecule has 1 aliphatic heterocycles. The number of nitrogens with zero attached hydrogens (tertiary/aromatic N) is 2. The van der Waals surface area contributed by atoms with Crippen LogP contribution < -0.4 is 5.32 Å². The van der Waals surface area contributed by atoms with E-state index < -0.39 is 28.5 Å². The van der Waals surface area contributed by atoms with Crippen molar-refractivity contribution in [2.75, 3.05) is 11.9 Å². The highest BCUT2D eigenvalue weighted by molar-refractivity contribution is 8.18. The van der Waals surface area contributed by atoms with Crippen molar-refractivity contribution in [1.29, 1.82) is 0 Å². The van der Waals surface area contributed by atoms with Crippen LogP contribution in [-0.2, 0) is 9.59 Å². The molecule has 0 spiro atoms. The number of nitro groups is 1. The molecular formula is C24H19N3O6S. The standard InChI is InChI=1S/C24H19N3O6S/c1-14-4-3-5-16(10-14)25-22(28)13-26-23(29)21(34-24(26)30)12-18-8-9-20(33-18)19-11-17(27(31)32)7-6-15(19)2/h3-12H,13H2,1-2H3,(H,25,28)/b21-12-. The summed E-state index contributed by atoms with van der Waals surface area (Å²) in [6.45, 7) is 3.28. The third-order valence-electron chi connectivity index (χ3n) is 5.07. The number of non-ortho nitro benzene ring substituents is 1. The first kappa shape index (κ1) is 23.0. The molecule has 2 heterocycles. The summed E-state index contributed by atoms with van der Waals surface area (Å²) >= 11 is 0.711. The average Bonchev–Trinajstić information content (AvgIpc) is 3.34. The average molecular weight is 477 g/mol. The van der Waals surface area contributed by atoms with Gasteiger partial charge in [-0.25, -0.2) is 0 Å². The number of hydrogen-bond donors (Lipinski definition) is 1. The monoisotopic (exact) mass is 477 g/mol. The predicted octanol–water partition coefficient (Wildman–Crippen LogP) is 5.15. The van der Waals surface area contributed by atoms with Gasteiger partial charge < -0.3 is 9.73 Å². The van der Waals surface area contributed by atoms with Gasteiger partial charge in [-0.05, 0) is 61.0 Å². The number of thioether (sulfide) groups is 1. The predicted molar refractivity (Wildman–Crippen MR) is 128 cm³/mol. The van der Waals surface area contributed by atoms with Crippen molar-refractivity contribution in [2.45, 2.75) is 13.8 Å². The normalized spacial score (nSPS) is 14.6. The number of rotatable bonds is 6. The van der Waals surface area contributed by atoms with Crippen LogP contribution in [0.3, 0.4) is 0 Å². The van der Waals surface area contributed by atoms with Crippen LogP contribution in [-0.4, -0.2) is 33.4 Å². The Bertz CT molecular complexity index is 1360. The molecule has 172 valence electrons. The molecule has 1 fully saturated rings. The number of nitrogens with one attached hydrogen (secondary N) is 1. The lowest BCUT2D eigenvalue weighted by atomic mass is 10.1. The first-order chi connectivity index (χ1) is 16.2. The van der Waals surface area contributed by atoms with E-state index >= 15 is 0 Å². The molecule has 0 saturated carbocycles. The summed E-state index contributed by atoms with van der Waals surface area (Å²) in [7, 11) is 0. The maximum atomic E-state index is 12.7. The van der Waals surface area contributed by atoms with Crippen LogP contribution in [0.1, 0.15) is 16.9 Å². The Morgan fingerprint density at radius 1 is 1.15 bits per heavy atom. The van der Waals surface area contributed by atoms with Gasteiger partial charge >= 0.3 is 0 Å². The van der Waals surface area contributed by atoms with E-state index in [0.29, 0.717) is 34.5 Å². The Kier molecular flexibility index (Phi) is 6.33. The van der Waals surface area contributed by atoms with Crippen molar-refractivity contribution in [3.8, 4) is 11.3 Å². The highest BCUT2D eigenvalue weighted by atomic mass is 32.2. The van der Waals surface area contributed by atoms with Gasteiger partial charge in [-0.3, -0.25) is 29.4 Å². The minimum atomic E-state index is -0.598. The van der Waals surface area contributed by atoms with Crippen LogP contribution in [0.4, 0.5) is 16.2 Å². The summed E-state index contributed by atoms with van der Waals surface area (Å²) in [5.74, 6) is -0.394. The molecule has 0 aliphatic carbocycles. The van der Waals surface area contributed by atoms with Gasteiger partial charge in [-0.1, -0.05) is 18.2 Å². The summed E-state index contributed by atoms with van der Waals surface area (Å²) in [6.07, 6.45) is 1.42. The lowest BCUT2D eigenvalue weighted by Crippen LogP contribution is -2.36. The molecule has 3 aromatic rings. The topological polar surface area (TPSA) is 123 Å². The number of anilines is 1. The summed E-state index contributed by atoms with van der Waals surface area (Å²) in [4.78, 5) is 49.0. The molecule has 10 heteroatoms. The minimum Gasteiger partial charge on any atom is -0.457 e. The minimum absolute atomic E-state index is 0.0661. The molecule has 1 saturated heterocycles. The number of carbonyl (C=O) groups excluding carboxylic acids is 3. The molecule has 4 rings (SSSR count). The molecule has 1 aromatic heterocycles. The number of aryl methyl sites for hydroxylation is 2. The van der Waals surface area contributed by atoms with E-state index in [1.54, 1.807) is 43.3 Å². The number of furan rings is 1. The van der Waals surface area contributed by atoms with Crippen molar-refractivity contribution in [3.05, 3.63) is 86.5 Å². The van der Waals surface area contributed by atoms with Crippen LogP contribution in [0.5, 0.6) is 0 Å². The molecule has 1 aliphatic rings. The molecule has 0 atom stereocenters. The summed E-state index contributed by atoms with van der Waals surface area (Å²) in [5, 5.41) is 13.2. The lowest BCUT2D eigenvalue weighted by Gasteiger charge is -2.12. The summed E-state index contributed by atoms with van der Waals surface area (Å²) in [5.41, 5.74) is 2.81. The summed E-state index contributed by atoms with van der Waals surface area (Å²) in [6, 6.07) is 14.9.